The number of hydrogen-bond donors (Lipinski definition) is 1. The zero-order valence-corrected chi connectivity index (χ0v) is 7.23. The summed E-state index contributed by atoms with van der Waals surface area (Å²) in [6, 6.07) is 10.0. The van der Waals surface area contributed by atoms with Crippen LogP contribution in [0, 0.1) is 6.92 Å². The van der Waals surface area contributed by atoms with E-state index in [1.165, 1.54) is 5.39 Å². The minimum absolute atomic E-state index is 0.250. The van der Waals surface area contributed by atoms with Gasteiger partial charge in [-0.05, 0) is 19.1 Å². The molecule has 0 saturated carbocycles. The lowest BCUT2D eigenvalue weighted by Gasteiger charge is -1.82. The van der Waals surface area contributed by atoms with E-state index in [0.29, 0.717) is 0 Å². The van der Waals surface area contributed by atoms with Gasteiger partial charge in [0, 0.05) is 5.39 Å². The molecule has 0 radical (unpaired) electrons. The van der Waals surface area contributed by atoms with Crippen LogP contribution in [0.3, 0.4) is 0 Å². The number of carboxylic acid groups (broad SMARTS) is 1. The number of rotatable bonds is 0. The number of aryl methyl sites for hydroxylation is 1. The van der Waals surface area contributed by atoms with Gasteiger partial charge >= 0.3 is 0 Å². The molecule has 1 heterocycles. The van der Waals surface area contributed by atoms with Gasteiger partial charge in [0.1, 0.15) is 11.3 Å². The van der Waals surface area contributed by atoms with E-state index in [2.05, 4.69) is 0 Å². The predicted molar refractivity (Wildman–Crippen MR) is 49.6 cm³/mol. The molecule has 2 rings (SSSR count). The molecular formula is C10H10O3. The highest BCUT2D eigenvalue weighted by Crippen LogP contribution is 2.17. The summed E-state index contributed by atoms with van der Waals surface area (Å²) in [5, 5.41) is 8.07. The summed E-state index contributed by atoms with van der Waals surface area (Å²) in [5.74, 6) is 0.973. The van der Waals surface area contributed by atoms with Gasteiger partial charge in [0.15, 0.2) is 0 Å². The van der Waals surface area contributed by atoms with Crippen molar-refractivity contribution in [2.45, 2.75) is 6.92 Å². The van der Waals surface area contributed by atoms with Crippen LogP contribution in [0.15, 0.2) is 34.7 Å². The van der Waals surface area contributed by atoms with Crippen molar-refractivity contribution < 1.29 is 14.3 Å². The van der Waals surface area contributed by atoms with Crippen molar-refractivity contribution in [1.29, 1.82) is 0 Å². The fraction of sp³-hybridized carbons (Fsp3) is 0.100. The largest absolute Gasteiger partial charge is 0.483 e. The number of fused-ring (bicyclic) bond motifs is 1. The molecule has 1 aromatic carbocycles. The Balaban J connectivity index is 0.000000251. The lowest BCUT2D eigenvalue weighted by atomic mass is 10.2. The van der Waals surface area contributed by atoms with Crippen molar-refractivity contribution in [2.24, 2.45) is 0 Å². The van der Waals surface area contributed by atoms with E-state index in [1.807, 2.05) is 37.3 Å². The Kier molecular flexibility index (Phi) is 3.09. The Labute approximate surface area is 75.6 Å². The molecule has 0 aliphatic rings. The Morgan fingerprint density at radius 3 is 2.62 bits per heavy atom. The van der Waals surface area contributed by atoms with Crippen molar-refractivity contribution in [3.05, 3.63) is 36.1 Å². The highest BCUT2D eigenvalue weighted by atomic mass is 16.3. The van der Waals surface area contributed by atoms with Gasteiger partial charge in [0.05, 0.1) is 0 Å². The Morgan fingerprint density at radius 1 is 1.38 bits per heavy atom. The molecule has 0 aliphatic carbocycles. The van der Waals surface area contributed by atoms with E-state index in [0.717, 1.165) is 11.3 Å². The molecule has 0 spiro atoms. The number of benzene rings is 1. The quantitative estimate of drug-likeness (QED) is 0.630. The molecule has 0 atom stereocenters. The third-order valence-electron chi connectivity index (χ3n) is 1.55. The second-order valence-corrected chi connectivity index (χ2v) is 2.50. The van der Waals surface area contributed by atoms with Gasteiger partial charge in [-0.3, -0.25) is 4.79 Å². The minimum atomic E-state index is -0.250. The smallest absolute Gasteiger partial charge is 0.290 e. The maximum absolute atomic E-state index is 8.36. The number of hydrogen-bond acceptors (Lipinski definition) is 2. The molecule has 0 amide bonds. The second kappa shape index (κ2) is 4.30. The molecule has 1 N–H and O–H groups in total. The molecule has 0 aliphatic heterocycles. The summed E-state index contributed by atoms with van der Waals surface area (Å²) in [5.41, 5.74) is 0.972. The number of carbonyl (C=O) groups is 1. The maximum Gasteiger partial charge on any atom is 0.290 e. The summed E-state index contributed by atoms with van der Waals surface area (Å²) in [7, 11) is 0. The summed E-state index contributed by atoms with van der Waals surface area (Å²) in [6.07, 6.45) is 0. The first-order chi connectivity index (χ1) is 6.27. The van der Waals surface area contributed by atoms with Crippen molar-refractivity contribution in [3.63, 3.8) is 0 Å². The van der Waals surface area contributed by atoms with Crippen molar-refractivity contribution in [1.82, 2.24) is 0 Å². The Morgan fingerprint density at radius 2 is 2.00 bits per heavy atom. The molecule has 3 nitrogen and oxygen atoms in total. The molecule has 2 aromatic rings. The molecule has 0 bridgehead atoms. The Hall–Kier alpha value is -1.77. The van der Waals surface area contributed by atoms with Crippen LogP contribution in [0.4, 0.5) is 0 Å². The van der Waals surface area contributed by atoms with Gasteiger partial charge in [0.2, 0.25) is 0 Å². The SMILES string of the molecule is Cc1cc2ccccc2o1.O=CO. The molecule has 0 unspecified atom stereocenters. The van der Waals surface area contributed by atoms with Gasteiger partial charge < -0.3 is 9.52 Å². The lowest BCUT2D eigenvalue weighted by molar-refractivity contribution is -0.122. The topological polar surface area (TPSA) is 50.4 Å². The summed E-state index contributed by atoms with van der Waals surface area (Å²) < 4.78 is 5.37. The lowest BCUT2D eigenvalue weighted by Crippen LogP contribution is -1.57. The monoisotopic (exact) mass is 178 g/mol. The van der Waals surface area contributed by atoms with E-state index in [4.69, 9.17) is 14.3 Å². The average molecular weight is 178 g/mol. The van der Waals surface area contributed by atoms with Crippen molar-refractivity contribution >= 4 is 17.4 Å². The molecule has 68 valence electrons. The van der Waals surface area contributed by atoms with E-state index in [1.54, 1.807) is 0 Å². The first-order valence-electron chi connectivity index (χ1n) is 3.81. The highest BCUT2D eigenvalue weighted by molar-refractivity contribution is 5.77. The average Bonchev–Trinajstić information content (AvgIpc) is 2.45. The van der Waals surface area contributed by atoms with Crippen LogP contribution < -0.4 is 0 Å². The first-order valence-corrected chi connectivity index (χ1v) is 3.81. The second-order valence-electron chi connectivity index (χ2n) is 2.50. The molecular weight excluding hydrogens is 168 g/mol. The van der Waals surface area contributed by atoms with Gasteiger partial charge in [-0.2, -0.15) is 0 Å². The minimum Gasteiger partial charge on any atom is -0.483 e. The van der Waals surface area contributed by atoms with Crippen LogP contribution in [0.1, 0.15) is 5.76 Å². The van der Waals surface area contributed by atoms with Gasteiger partial charge in [-0.15, -0.1) is 0 Å². The standard InChI is InChI=1S/C9H8O.CH2O2/c1-7-6-8-4-2-3-5-9(8)10-7;2-1-3/h2-6H,1H3;1H,(H,2,3). The third kappa shape index (κ3) is 2.33. The van der Waals surface area contributed by atoms with Gasteiger partial charge in [-0.1, -0.05) is 18.2 Å². The van der Waals surface area contributed by atoms with E-state index >= 15 is 0 Å². The van der Waals surface area contributed by atoms with E-state index in [9.17, 15) is 0 Å². The van der Waals surface area contributed by atoms with Crippen LogP contribution in [0.2, 0.25) is 0 Å². The normalized spacial score (nSPS) is 9.00. The van der Waals surface area contributed by atoms with Crippen LogP contribution in [0.25, 0.3) is 11.0 Å². The molecule has 0 fully saturated rings. The van der Waals surface area contributed by atoms with Gasteiger partial charge in [-0.25, -0.2) is 0 Å². The zero-order chi connectivity index (χ0) is 9.68. The van der Waals surface area contributed by atoms with Crippen LogP contribution >= 0.6 is 0 Å². The van der Waals surface area contributed by atoms with Crippen LogP contribution in [-0.2, 0) is 4.79 Å². The summed E-state index contributed by atoms with van der Waals surface area (Å²) in [6.45, 7) is 1.71. The van der Waals surface area contributed by atoms with Crippen LogP contribution in [0.5, 0.6) is 0 Å². The van der Waals surface area contributed by atoms with Gasteiger partial charge in [0.25, 0.3) is 6.47 Å². The highest BCUT2D eigenvalue weighted by Gasteiger charge is 1.95. The summed E-state index contributed by atoms with van der Waals surface area (Å²) in [4.78, 5) is 8.36. The summed E-state index contributed by atoms with van der Waals surface area (Å²) >= 11 is 0. The fourth-order valence-electron chi connectivity index (χ4n) is 1.11. The number of para-hydroxylation sites is 1. The molecule has 0 saturated heterocycles. The van der Waals surface area contributed by atoms with E-state index in [-0.39, 0.29) is 6.47 Å². The Bertz CT molecular complexity index is 357. The van der Waals surface area contributed by atoms with E-state index < -0.39 is 0 Å². The first kappa shape index (κ1) is 9.32. The maximum atomic E-state index is 8.36. The zero-order valence-electron chi connectivity index (χ0n) is 7.23. The molecule has 1 aromatic heterocycles. The van der Waals surface area contributed by atoms with Crippen molar-refractivity contribution in [3.8, 4) is 0 Å². The molecule has 3 heteroatoms. The van der Waals surface area contributed by atoms with Crippen molar-refractivity contribution in [2.75, 3.05) is 0 Å². The predicted octanol–water partition coefficient (Wildman–Crippen LogP) is 2.44. The number of furan rings is 1. The molecule has 13 heavy (non-hydrogen) atoms. The fourth-order valence-corrected chi connectivity index (χ4v) is 1.11. The van der Waals surface area contributed by atoms with Crippen LogP contribution in [-0.4, -0.2) is 11.6 Å². The third-order valence-corrected chi connectivity index (χ3v) is 1.55.